The third-order valence-corrected chi connectivity index (χ3v) is 4.77. The molecule has 2 heterocycles. The number of carbonyl (C=O) groups is 1. The highest BCUT2D eigenvalue weighted by molar-refractivity contribution is 6.07. The van der Waals surface area contributed by atoms with E-state index in [4.69, 9.17) is 0 Å². The summed E-state index contributed by atoms with van der Waals surface area (Å²) in [5, 5.41) is 13.5. The molecule has 0 fully saturated rings. The highest BCUT2D eigenvalue weighted by Crippen LogP contribution is 2.23. The molecule has 0 aliphatic carbocycles. The number of rotatable bonds is 6. The van der Waals surface area contributed by atoms with Gasteiger partial charge in [-0.05, 0) is 36.2 Å². The van der Waals surface area contributed by atoms with E-state index < -0.39 is 0 Å². The summed E-state index contributed by atoms with van der Waals surface area (Å²) in [7, 11) is 0. The van der Waals surface area contributed by atoms with Gasteiger partial charge in [0.2, 0.25) is 0 Å². The van der Waals surface area contributed by atoms with E-state index in [0.717, 1.165) is 16.5 Å². The zero-order valence-electron chi connectivity index (χ0n) is 15.8. The summed E-state index contributed by atoms with van der Waals surface area (Å²) in [5.74, 6) is -0.240. The third kappa shape index (κ3) is 4.31. The van der Waals surface area contributed by atoms with E-state index in [0.29, 0.717) is 23.4 Å². The summed E-state index contributed by atoms with van der Waals surface area (Å²) in [6.07, 6.45) is 2.26. The topological polar surface area (TPSA) is 75.1 Å². The average Bonchev–Trinajstić information content (AvgIpc) is 2.79. The van der Waals surface area contributed by atoms with Crippen molar-refractivity contribution in [1.29, 1.82) is 0 Å². The maximum atomic E-state index is 13.1. The van der Waals surface area contributed by atoms with Gasteiger partial charge in [-0.15, -0.1) is 0 Å². The molecular formula is C24H21N3O2. The number of aromatic nitrogens is 2. The molecule has 0 saturated carbocycles. The second kappa shape index (κ2) is 8.63. The van der Waals surface area contributed by atoms with Crippen LogP contribution in [-0.4, -0.2) is 33.6 Å². The van der Waals surface area contributed by atoms with Crippen molar-refractivity contribution in [1.82, 2.24) is 15.3 Å². The van der Waals surface area contributed by atoms with Crippen LogP contribution >= 0.6 is 0 Å². The summed E-state index contributed by atoms with van der Waals surface area (Å²) in [6, 6.07) is 24.3. The molecule has 0 saturated heterocycles. The van der Waals surface area contributed by atoms with Crippen LogP contribution in [0.3, 0.4) is 0 Å². The molecule has 1 amide bonds. The first-order valence-electron chi connectivity index (χ1n) is 9.51. The molecule has 4 rings (SSSR count). The molecule has 2 N–H and O–H groups in total. The predicted octanol–water partition coefficient (Wildman–Crippen LogP) is 3.63. The number of pyridine rings is 2. The number of fused-ring (bicyclic) bond motifs is 1. The maximum Gasteiger partial charge on any atom is 0.252 e. The van der Waals surface area contributed by atoms with Crippen LogP contribution in [0.15, 0.2) is 85.1 Å². The normalized spacial score (nSPS) is 11.9. The van der Waals surface area contributed by atoms with E-state index >= 15 is 0 Å². The Labute approximate surface area is 169 Å². The van der Waals surface area contributed by atoms with Crippen LogP contribution in [0.25, 0.3) is 22.3 Å². The van der Waals surface area contributed by atoms with Crippen LogP contribution in [0, 0.1) is 0 Å². The van der Waals surface area contributed by atoms with E-state index in [1.54, 1.807) is 12.3 Å². The van der Waals surface area contributed by atoms with Gasteiger partial charge in [-0.1, -0.05) is 54.6 Å². The Morgan fingerprint density at radius 1 is 0.931 bits per heavy atom. The van der Waals surface area contributed by atoms with Crippen LogP contribution in [0.1, 0.15) is 15.9 Å². The van der Waals surface area contributed by atoms with Gasteiger partial charge >= 0.3 is 0 Å². The third-order valence-electron chi connectivity index (χ3n) is 4.77. The smallest absolute Gasteiger partial charge is 0.252 e. The molecular weight excluding hydrogens is 362 g/mol. The number of aliphatic hydroxyl groups is 1. The monoisotopic (exact) mass is 383 g/mol. The standard InChI is InChI=1S/C24H21N3O2/c28-16-18(14-17-8-2-1-3-9-17)26-24(29)20-15-23(22-12-6-7-13-25-22)27-21-11-5-4-10-19(20)21/h1-13,15,18,28H,14,16H2,(H,26,29). The fourth-order valence-corrected chi connectivity index (χ4v) is 3.33. The molecule has 0 spiro atoms. The van der Waals surface area contributed by atoms with Crippen molar-refractivity contribution >= 4 is 16.8 Å². The van der Waals surface area contributed by atoms with Crippen LogP contribution < -0.4 is 5.32 Å². The summed E-state index contributed by atoms with van der Waals surface area (Å²) in [6.45, 7) is -0.142. The highest BCUT2D eigenvalue weighted by atomic mass is 16.3. The molecule has 1 atom stereocenters. The molecule has 144 valence electrons. The number of amides is 1. The lowest BCUT2D eigenvalue weighted by molar-refractivity contribution is 0.0918. The Kier molecular flexibility index (Phi) is 5.59. The zero-order valence-corrected chi connectivity index (χ0v) is 15.8. The minimum absolute atomic E-state index is 0.142. The Hall–Kier alpha value is -3.57. The van der Waals surface area contributed by atoms with E-state index in [9.17, 15) is 9.90 Å². The first-order valence-corrected chi connectivity index (χ1v) is 9.51. The van der Waals surface area contributed by atoms with E-state index in [-0.39, 0.29) is 18.6 Å². The van der Waals surface area contributed by atoms with E-state index in [1.807, 2.05) is 72.8 Å². The summed E-state index contributed by atoms with van der Waals surface area (Å²) < 4.78 is 0. The Bertz CT molecular complexity index is 1110. The number of carbonyl (C=O) groups excluding carboxylic acids is 1. The van der Waals surface area contributed by atoms with E-state index in [2.05, 4.69) is 15.3 Å². The summed E-state index contributed by atoms with van der Waals surface area (Å²) in [5.41, 5.74) is 3.64. The number of hydrogen-bond acceptors (Lipinski definition) is 4. The van der Waals surface area contributed by atoms with Gasteiger partial charge in [0, 0.05) is 11.6 Å². The quantitative estimate of drug-likeness (QED) is 0.533. The molecule has 0 aliphatic rings. The molecule has 5 heteroatoms. The molecule has 5 nitrogen and oxygen atoms in total. The first kappa shape index (κ1) is 18.8. The van der Waals surface area contributed by atoms with Crippen LogP contribution in [0.4, 0.5) is 0 Å². The molecule has 2 aromatic heterocycles. The van der Waals surface area contributed by atoms with Gasteiger partial charge in [0.25, 0.3) is 5.91 Å². The molecule has 29 heavy (non-hydrogen) atoms. The van der Waals surface area contributed by atoms with Gasteiger partial charge in [0.05, 0.1) is 35.1 Å². The van der Waals surface area contributed by atoms with E-state index in [1.165, 1.54) is 0 Å². The molecule has 0 bridgehead atoms. The Morgan fingerprint density at radius 2 is 1.69 bits per heavy atom. The van der Waals surface area contributed by atoms with Crippen LogP contribution in [-0.2, 0) is 6.42 Å². The summed E-state index contributed by atoms with van der Waals surface area (Å²) in [4.78, 5) is 22.1. The van der Waals surface area contributed by atoms with Crippen molar-refractivity contribution in [3.63, 3.8) is 0 Å². The largest absolute Gasteiger partial charge is 0.394 e. The Morgan fingerprint density at radius 3 is 2.45 bits per heavy atom. The first-order chi connectivity index (χ1) is 14.2. The van der Waals surface area contributed by atoms with Crippen molar-refractivity contribution in [3.05, 3.63) is 96.2 Å². The Balaban J connectivity index is 1.67. The molecule has 0 radical (unpaired) electrons. The second-order valence-corrected chi connectivity index (χ2v) is 6.83. The lowest BCUT2D eigenvalue weighted by Gasteiger charge is -2.17. The number of nitrogens with zero attached hydrogens (tertiary/aromatic N) is 2. The molecule has 1 unspecified atom stereocenters. The highest BCUT2D eigenvalue weighted by Gasteiger charge is 2.18. The zero-order chi connectivity index (χ0) is 20.1. The lowest BCUT2D eigenvalue weighted by Crippen LogP contribution is -2.39. The predicted molar refractivity (Wildman–Crippen MR) is 113 cm³/mol. The van der Waals surface area contributed by atoms with Crippen molar-refractivity contribution in [3.8, 4) is 11.4 Å². The minimum atomic E-state index is -0.380. The van der Waals surface area contributed by atoms with Gasteiger partial charge in [-0.25, -0.2) is 4.98 Å². The van der Waals surface area contributed by atoms with Gasteiger partial charge in [0.1, 0.15) is 0 Å². The fraction of sp³-hybridized carbons (Fsp3) is 0.125. The SMILES string of the molecule is O=C(NC(CO)Cc1ccccc1)c1cc(-c2ccccn2)nc2ccccc12. The van der Waals surface area contributed by atoms with Crippen LogP contribution in [0.5, 0.6) is 0 Å². The van der Waals surface area contributed by atoms with Crippen molar-refractivity contribution in [2.24, 2.45) is 0 Å². The number of nitrogens with one attached hydrogen (secondary N) is 1. The molecule has 4 aromatic rings. The fourth-order valence-electron chi connectivity index (χ4n) is 3.33. The van der Waals surface area contributed by atoms with Gasteiger partial charge < -0.3 is 10.4 Å². The van der Waals surface area contributed by atoms with Crippen molar-refractivity contribution < 1.29 is 9.90 Å². The van der Waals surface area contributed by atoms with Gasteiger partial charge in [0.15, 0.2) is 0 Å². The molecule has 0 aliphatic heterocycles. The number of benzene rings is 2. The maximum absolute atomic E-state index is 13.1. The van der Waals surface area contributed by atoms with Gasteiger partial charge in [-0.3, -0.25) is 9.78 Å². The lowest BCUT2D eigenvalue weighted by atomic mass is 10.0. The van der Waals surface area contributed by atoms with Crippen molar-refractivity contribution in [2.45, 2.75) is 12.5 Å². The second-order valence-electron chi connectivity index (χ2n) is 6.83. The van der Waals surface area contributed by atoms with Crippen LogP contribution in [0.2, 0.25) is 0 Å². The number of para-hydroxylation sites is 1. The molecule has 2 aromatic carbocycles. The number of hydrogen-bond donors (Lipinski definition) is 2. The number of aliphatic hydroxyl groups excluding tert-OH is 1. The van der Waals surface area contributed by atoms with Crippen molar-refractivity contribution in [2.75, 3.05) is 6.61 Å². The minimum Gasteiger partial charge on any atom is -0.394 e. The average molecular weight is 383 g/mol. The summed E-state index contributed by atoms with van der Waals surface area (Å²) >= 11 is 0. The van der Waals surface area contributed by atoms with Gasteiger partial charge in [-0.2, -0.15) is 0 Å².